The van der Waals surface area contributed by atoms with Crippen LogP contribution in [0.25, 0.3) is 0 Å². The van der Waals surface area contributed by atoms with Crippen molar-refractivity contribution < 1.29 is 22.5 Å². The molecule has 2 aliphatic heterocycles. The van der Waals surface area contributed by atoms with Gasteiger partial charge in [0.25, 0.3) is 0 Å². The molecular weight excluding hydrogens is 365 g/mol. The Morgan fingerprint density at radius 3 is 2.30 bits per heavy atom. The molecule has 27 heavy (non-hydrogen) atoms. The number of hydrogen-bond acceptors (Lipinski definition) is 5. The summed E-state index contributed by atoms with van der Waals surface area (Å²) in [5.74, 6) is 1.15. The number of ether oxygens (including phenoxy) is 1. The molecule has 2 heterocycles. The van der Waals surface area contributed by atoms with E-state index in [1.54, 1.807) is 4.31 Å². The van der Waals surface area contributed by atoms with E-state index in [0.717, 1.165) is 24.1 Å². The molecule has 0 aromatic heterocycles. The van der Waals surface area contributed by atoms with Gasteiger partial charge in [0.2, 0.25) is 10.0 Å². The molecule has 8 heteroatoms. The van der Waals surface area contributed by atoms with Gasteiger partial charge < -0.3 is 14.0 Å². The van der Waals surface area contributed by atoms with E-state index in [4.69, 9.17) is 14.0 Å². The van der Waals surface area contributed by atoms with Gasteiger partial charge in [-0.3, -0.25) is 0 Å². The molecule has 2 aliphatic rings. The van der Waals surface area contributed by atoms with Crippen molar-refractivity contribution in [2.45, 2.75) is 51.7 Å². The van der Waals surface area contributed by atoms with Gasteiger partial charge in [0, 0.05) is 13.1 Å². The fourth-order valence-electron chi connectivity index (χ4n) is 3.35. The van der Waals surface area contributed by atoms with Crippen LogP contribution in [-0.4, -0.2) is 57.0 Å². The summed E-state index contributed by atoms with van der Waals surface area (Å²) in [5, 5.41) is 0. The Bertz CT molecular complexity index is 756. The summed E-state index contributed by atoms with van der Waals surface area (Å²) in [4.78, 5) is 0. The quantitative estimate of drug-likeness (QED) is 0.714. The summed E-state index contributed by atoms with van der Waals surface area (Å²) in [5.41, 5.74) is 0.197. The van der Waals surface area contributed by atoms with E-state index >= 15 is 0 Å². The molecule has 0 radical (unpaired) electrons. The van der Waals surface area contributed by atoms with E-state index in [-0.39, 0.29) is 11.2 Å². The van der Waals surface area contributed by atoms with Crippen LogP contribution in [0.3, 0.4) is 0 Å². The van der Waals surface area contributed by atoms with E-state index in [1.165, 1.54) is 6.26 Å². The highest BCUT2D eigenvalue weighted by atomic mass is 32.2. The standard InChI is InChI=1S/C19H30BNO5S/c1-18(2)19(3,4)26-20(25-18)16-7-6-8-17(13-16)24-14-15-9-11-21(12-10-15)27(5,22)23/h6-8,13,15H,9-12,14H2,1-5H3. The second-order valence-electron chi connectivity index (χ2n) is 8.58. The summed E-state index contributed by atoms with van der Waals surface area (Å²) in [7, 11) is -3.49. The lowest BCUT2D eigenvalue weighted by Gasteiger charge is -2.32. The average Bonchev–Trinajstić information content (AvgIpc) is 2.81. The zero-order valence-electron chi connectivity index (χ0n) is 16.9. The number of piperidine rings is 1. The molecule has 0 spiro atoms. The third-order valence-corrected chi connectivity index (χ3v) is 7.21. The molecule has 0 bridgehead atoms. The maximum Gasteiger partial charge on any atom is 0.494 e. The van der Waals surface area contributed by atoms with Crippen molar-refractivity contribution in [1.29, 1.82) is 0 Å². The molecule has 2 fully saturated rings. The molecule has 1 aromatic rings. The van der Waals surface area contributed by atoms with Crippen molar-refractivity contribution in [1.82, 2.24) is 4.31 Å². The normalized spacial score (nSPS) is 23.5. The lowest BCUT2D eigenvalue weighted by atomic mass is 9.79. The summed E-state index contributed by atoms with van der Waals surface area (Å²) in [6, 6.07) is 7.83. The van der Waals surface area contributed by atoms with E-state index in [0.29, 0.717) is 25.6 Å². The lowest BCUT2D eigenvalue weighted by Crippen LogP contribution is -2.41. The van der Waals surface area contributed by atoms with Crippen LogP contribution in [0, 0.1) is 5.92 Å². The minimum absolute atomic E-state index is 0.364. The summed E-state index contributed by atoms with van der Waals surface area (Å²) in [6.45, 7) is 9.88. The third-order valence-electron chi connectivity index (χ3n) is 5.91. The molecule has 0 atom stereocenters. The van der Waals surface area contributed by atoms with Gasteiger partial charge in [0.1, 0.15) is 5.75 Å². The van der Waals surface area contributed by atoms with Crippen LogP contribution in [-0.2, 0) is 19.3 Å². The number of hydrogen-bond donors (Lipinski definition) is 0. The van der Waals surface area contributed by atoms with Crippen molar-refractivity contribution >= 4 is 22.6 Å². The van der Waals surface area contributed by atoms with Gasteiger partial charge in [-0.25, -0.2) is 12.7 Å². The van der Waals surface area contributed by atoms with Crippen molar-refractivity contribution in [3.63, 3.8) is 0 Å². The predicted molar refractivity (Wildman–Crippen MR) is 107 cm³/mol. The van der Waals surface area contributed by atoms with Crippen LogP contribution in [0.4, 0.5) is 0 Å². The van der Waals surface area contributed by atoms with Crippen LogP contribution in [0.15, 0.2) is 24.3 Å². The molecule has 0 saturated carbocycles. The molecule has 1 aromatic carbocycles. The zero-order chi connectivity index (χ0) is 19.9. The lowest BCUT2D eigenvalue weighted by molar-refractivity contribution is 0.00578. The Labute approximate surface area is 163 Å². The van der Waals surface area contributed by atoms with Gasteiger partial charge in [0.15, 0.2) is 0 Å². The number of rotatable bonds is 5. The largest absolute Gasteiger partial charge is 0.494 e. The monoisotopic (exact) mass is 395 g/mol. The Balaban J connectivity index is 1.57. The maximum absolute atomic E-state index is 11.6. The average molecular weight is 395 g/mol. The fraction of sp³-hybridized carbons (Fsp3) is 0.684. The number of benzene rings is 1. The van der Waals surface area contributed by atoms with Crippen molar-refractivity contribution in [3.8, 4) is 5.75 Å². The maximum atomic E-state index is 11.6. The molecule has 6 nitrogen and oxygen atoms in total. The molecule has 150 valence electrons. The topological polar surface area (TPSA) is 65.1 Å². The molecule has 3 rings (SSSR count). The minimum atomic E-state index is -3.09. The number of nitrogens with zero attached hydrogens (tertiary/aromatic N) is 1. The third kappa shape index (κ3) is 4.67. The van der Waals surface area contributed by atoms with Gasteiger partial charge >= 0.3 is 7.12 Å². The van der Waals surface area contributed by atoms with E-state index in [9.17, 15) is 8.42 Å². The second kappa shape index (κ2) is 7.39. The van der Waals surface area contributed by atoms with Gasteiger partial charge in [-0.2, -0.15) is 0 Å². The Morgan fingerprint density at radius 2 is 1.74 bits per heavy atom. The van der Waals surface area contributed by atoms with Gasteiger partial charge in [0.05, 0.1) is 24.1 Å². The smallest absolute Gasteiger partial charge is 0.493 e. The molecule has 0 N–H and O–H groups in total. The first-order valence-electron chi connectivity index (χ1n) is 9.51. The SMILES string of the molecule is CC1(C)OB(c2cccc(OCC3CCN(S(C)(=O)=O)CC3)c2)OC1(C)C. The van der Waals surface area contributed by atoms with Gasteiger partial charge in [-0.05, 0) is 64.1 Å². The van der Waals surface area contributed by atoms with Crippen LogP contribution in [0.1, 0.15) is 40.5 Å². The van der Waals surface area contributed by atoms with Crippen molar-refractivity contribution in [3.05, 3.63) is 24.3 Å². The second-order valence-corrected chi connectivity index (χ2v) is 10.6. The first-order chi connectivity index (χ1) is 12.5. The zero-order valence-corrected chi connectivity index (χ0v) is 17.7. The van der Waals surface area contributed by atoms with E-state index in [2.05, 4.69) is 0 Å². The van der Waals surface area contributed by atoms with Gasteiger partial charge in [-0.1, -0.05) is 12.1 Å². The first-order valence-corrected chi connectivity index (χ1v) is 11.4. The molecule has 2 saturated heterocycles. The fourth-order valence-corrected chi connectivity index (χ4v) is 4.23. The Hall–Kier alpha value is -1.09. The highest BCUT2D eigenvalue weighted by molar-refractivity contribution is 7.88. The van der Waals surface area contributed by atoms with E-state index < -0.39 is 17.1 Å². The summed E-state index contributed by atoms with van der Waals surface area (Å²) in [6.07, 6.45) is 2.92. The molecule has 0 unspecified atom stereocenters. The van der Waals surface area contributed by atoms with Gasteiger partial charge in [-0.15, -0.1) is 0 Å². The molecular formula is C19H30BNO5S. The van der Waals surface area contributed by atoms with Crippen molar-refractivity contribution in [2.75, 3.05) is 26.0 Å². The van der Waals surface area contributed by atoms with Crippen LogP contribution < -0.4 is 10.2 Å². The highest BCUT2D eigenvalue weighted by Gasteiger charge is 2.51. The minimum Gasteiger partial charge on any atom is -0.493 e. The van der Waals surface area contributed by atoms with Crippen LogP contribution >= 0.6 is 0 Å². The molecule has 0 amide bonds. The predicted octanol–water partition coefficient (Wildman–Crippen LogP) is 2.04. The van der Waals surface area contributed by atoms with Crippen LogP contribution in [0.5, 0.6) is 5.75 Å². The van der Waals surface area contributed by atoms with E-state index in [1.807, 2.05) is 52.0 Å². The highest BCUT2D eigenvalue weighted by Crippen LogP contribution is 2.36. The molecule has 0 aliphatic carbocycles. The first kappa shape index (κ1) is 20.6. The van der Waals surface area contributed by atoms with Crippen molar-refractivity contribution in [2.24, 2.45) is 5.92 Å². The van der Waals surface area contributed by atoms with Crippen LogP contribution in [0.2, 0.25) is 0 Å². The Kier molecular flexibility index (Phi) is 5.65. The summed E-state index contributed by atoms with van der Waals surface area (Å²) >= 11 is 0. The summed E-state index contributed by atoms with van der Waals surface area (Å²) < 4.78 is 42.9. The Morgan fingerprint density at radius 1 is 1.15 bits per heavy atom. The number of sulfonamides is 1.